The predicted octanol–water partition coefficient (Wildman–Crippen LogP) is 4.52. The number of nitrogens with two attached hydrogens (primary N) is 2. The van der Waals surface area contributed by atoms with Crippen molar-refractivity contribution in [1.82, 2.24) is 0 Å². The molecule has 3 aromatic carbocycles. The van der Waals surface area contributed by atoms with Gasteiger partial charge in [-0.2, -0.15) is 31.8 Å². The first-order valence-electron chi connectivity index (χ1n) is 9.54. The van der Waals surface area contributed by atoms with Crippen LogP contribution in [0.2, 0.25) is 0 Å². The second-order valence-corrected chi connectivity index (χ2v) is 8.53. The van der Waals surface area contributed by atoms with Crippen LogP contribution in [-0.4, -0.2) is 25.5 Å². The van der Waals surface area contributed by atoms with Gasteiger partial charge in [0.2, 0.25) is 5.96 Å². The molecule has 0 heterocycles. The number of guanidine groups is 1. The topological polar surface area (TPSA) is 173 Å². The zero-order valence-electron chi connectivity index (χ0n) is 17.6. The normalized spacial score (nSPS) is 11.9. The summed E-state index contributed by atoms with van der Waals surface area (Å²) in [6, 6.07) is 13.3. The smallest absolute Gasteiger partial charge is 0.416 e. The lowest BCUT2D eigenvalue weighted by Gasteiger charge is -2.12. The Morgan fingerprint density at radius 3 is 2.14 bits per heavy atom. The zero-order valence-corrected chi connectivity index (χ0v) is 18.4. The molecule has 6 N–H and O–H groups in total. The zero-order chi connectivity index (χ0) is 25.8. The molecule has 0 radical (unpaired) electrons. The van der Waals surface area contributed by atoms with Crippen LogP contribution in [0, 0.1) is 0 Å². The highest BCUT2D eigenvalue weighted by atomic mass is 32.2. The molecular weight excluding hydrogens is 489 g/mol. The van der Waals surface area contributed by atoms with Crippen LogP contribution in [0.25, 0.3) is 0 Å². The summed E-state index contributed by atoms with van der Waals surface area (Å²) in [4.78, 5) is 11.5. The monoisotopic (exact) mass is 506 g/mol. The molecule has 0 aromatic heterocycles. The first kappa shape index (κ1) is 25.2. The van der Waals surface area contributed by atoms with E-state index in [-0.39, 0.29) is 33.2 Å². The molecule has 182 valence electrons. The van der Waals surface area contributed by atoms with E-state index in [1.165, 1.54) is 54.6 Å². The third-order valence-corrected chi connectivity index (χ3v) is 5.66. The lowest BCUT2D eigenvalue weighted by atomic mass is 10.1. The average Bonchev–Trinajstić information content (AvgIpc) is 2.77. The number of halogens is 3. The summed E-state index contributed by atoms with van der Waals surface area (Å²) in [5, 5.41) is 20.0. The van der Waals surface area contributed by atoms with Crippen LogP contribution >= 0.6 is 0 Å². The van der Waals surface area contributed by atoms with E-state index in [4.69, 9.17) is 11.5 Å². The van der Waals surface area contributed by atoms with E-state index >= 15 is 0 Å². The number of nitrogens with zero attached hydrogens (tertiary/aromatic N) is 3. The number of azo groups is 1. The molecule has 0 atom stereocenters. The van der Waals surface area contributed by atoms with E-state index in [9.17, 15) is 31.5 Å². The summed E-state index contributed by atoms with van der Waals surface area (Å²) in [6.45, 7) is 0. The van der Waals surface area contributed by atoms with Crippen LogP contribution in [0.1, 0.15) is 15.9 Å². The van der Waals surface area contributed by atoms with Crippen molar-refractivity contribution in [2.45, 2.75) is 11.1 Å². The van der Waals surface area contributed by atoms with Crippen molar-refractivity contribution in [3.05, 3.63) is 77.9 Å². The number of rotatable bonds is 7. The van der Waals surface area contributed by atoms with Gasteiger partial charge in [0.15, 0.2) is 0 Å². The van der Waals surface area contributed by atoms with Crippen molar-refractivity contribution < 1.29 is 31.5 Å². The minimum absolute atomic E-state index is 0.0464. The molecule has 0 saturated heterocycles. The number of alkyl halides is 3. The summed E-state index contributed by atoms with van der Waals surface area (Å²) in [5.74, 6) is -1.96. The van der Waals surface area contributed by atoms with Gasteiger partial charge in [-0.3, -0.25) is 0 Å². The average molecular weight is 506 g/mol. The summed E-state index contributed by atoms with van der Waals surface area (Å²) < 4.78 is 65.8. The molecule has 0 aliphatic carbocycles. The molecule has 14 heteroatoms. The molecule has 35 heavy (non-hydrogen) atoms. The Bertz CT molecular complexity index is 1420. The van der Waals surface area contributed by atoms with Gasteiger partial charge in [0.25, 0.3) is 10.0 Å². The van der Waals surface area contributed by atoms with Gasteiger partial charge in [-0.05, 0) is 60.7 Å². The first-order valence-corrected chi connectivity index (χ1v) is 11.0. The Hall–Kier alpha value is -4.46. The molecule has 0 unspecified atom stereocenters. The van der Waals surface area contributed by atoms with Crippen LogP contribution in [0.15, 0.2) is 86.3 Å². The molecule has 0 aliphatic rings. The maximum atomic E-state index is 12.9. The van der Waals surface area contributed by atoms with Gasteiger partial charge in [0.1, 0.15) is 0 Å². The molecule has 0 saturated carbocycles. The quantitative estimate of drug-likeness (QED) is 0.207. The number of sulfonamides is 1. The van der Waals surface area contributed by atoms with E-state index in [2.05, 4.69) is 19.9 Å². The third-order valence-electron chi connectivity index (χ3n) is 4.34. The minimum atomic E-state index is -4.55. The molecule has 0 bridgehead atoms. The van der Waals surface area contributed by atoms with Crippen molar-refractivity contribution in [1.29, 1.82) is 0 Å². The lowest BCUT2D eigenvalue weighted by Crippen LogP contribution is -2.24. The SMILES string of the molecule is NC(N)=NS(=O)(=O)c1ccc(N=Nc2ccc(Nc3cccc(C(F)(F)F)c3)c(C(=O)O)c2)cc1. The standard InChI is InChI=1S/C21H17F3N6O4S/c22-21(23,24)12-2-1-3-14(10-12)27-18-9-6-15(11-17(18)19(31)32)29-28-13-4-7-16(8-5-13)35(33,34)30-20(25)26/h1-11,27H,(H,31,32)(H4,25,26,30). The fourth-order valence-electron chi connectivity index (χ4n) is 2.80. The van der Waals surface area contributed by atoms with Crippen molar-refractivity contribution in [2.24, 2.45) is 26.1 Å². The van der Waals surface area contributed by atoms with Crippen LogP contribution < -0.4 is 16.8 Å². The fraction of sp³-hybridized carbons (Fsp3) is 0.0476. The molecule has 10 nitrogen and oxygen atoms in total. The maximum absolute atomic E-state index is 12.9. The third kappa shape index (κ3) is 6.54. The van der Waals surface area contributed by atoms with Crippen LogP contribution in [0.5, 0.6) is 0 Å². The Morgan fingerprint density at radius 2 is 1.54 bits per heavy atom. The van der Waals surface area contributed by atoms with Crippen molar-refractivity contribution in [2.75, 3.05) is 5.32 Å². The Balaban J connectivity index is 1.83. The van der Waals surface area contributed by atoms with Gasteiger partial charge in [0.05, 0.1) is 33.1 Å². The fourth-order valence-corrected chi connectivity index (χ4v) is 3.66. The van der Waals surface area contributed by atoms with Gasteiger partial charge in [0, 0.05) is 5.69 Å². The van der Waals surface area contributed by atoms with E-state index < -0.39 is 33.7 Å². The van der Waals surface area contributed by atoms with Gasteiger partial charge in [-0.1, -0.05) is 6.07 Å². The molecular formula is C21H17F3N6O4S. The first-order chi connectivity index (χ1) is 16.3. The number of nitrogens with one attached hydrogen (secondary N) is 1. The maximum Gasteiger partial charge on any atom is 0.416 e. The second kappa shape index (κ2) is 9.80. The number of anilines is 2. The predicted molar refractivity (Wildman–Crippen MR) is 122 cm³/mol. The van der Waals surface area contributed by atoms with Crippen LogP contribution in [-0.2, 0) is 16.2 Å². The number of benzene rings is 3. The van der Waals surface area contributed by atoms with E-state index in [1.807, 2.05) is 0 Å². The van der Waals surface area contributed by atoms with E-state index in [1.54, 1.807) is 0 Å². The summed E-state index contributed by atoms with van der Waals surface area (Å²) in [5.41, 5.74) is 9.52. The minimum Gasteiger partial charge on any atom is -0.478 e. The molecule has 0 fully saturated rings. The van der Waals surface area contributed by atoms with Crippen molar-refractivity contribution >= 4 is 44.7 Å². The number of hydrogen-bond donors (Lipinski definition) is 4. The van der Waals surface area contributed by atoms with Crippen LogP contribution in [0.3, 0.4) is 0 Å². The summed E-state index contributed by atoms with van der Waals surface area (Å²) in [7, 11) is -4.07. The Labute approximate surface area is 196 Å². The van der Waals surface area contributed by atoms with E-state index in [0.29, 0.717) is 0 Å². The summed E-state index contributed by atoms with van der Waals surface area (Å²) in [6.07, 6.45) is -4.55. The molecule has 3 rings (SSSR count). The highest BCUT2D eigenvalue weighted by molar-refractivity contribution is 7.90. The molecule has 3 aromatic rings. The van der Waals surface area contributed by atoms with Gasteiger partial charge >= 0.3 is 12.1 Å². The second-order valence-electron chi connectivity index (χ2n) is 6.92. The van der Waals surface area contributed by atoms with Crippen molar-refractivity contribution in [3.63, 3.8) is 0 Å². The van der Waals surface area contributed by atoms with Crippen molar-refractivity contribution in [3.8, 4) is 0 Å². The largest absolute Gasteiger partial charge is 0.478 e. The van der Waals surface area contributed by atoms with E-state index in [0.717, 1.165) is 12.1 Å². The molecule has 0 spiro atoms. The van der Waals surface area contributed by atoms with Gasteiger partial charge in [-0.15, -0.1) is 4.40 Å². The highest BCUT2D eigenvalue weighted by Crippen LogP contribution is 2.33. The summed E-state index contributed by atoms with van der Waals surface area (Å²) >= 11 is 0. The lowest BCUT2D eigenvalue weighted by molar-refractivity contribution is -0.137. The number of carbonyl (C=O) groups is 1. The molecule has 0 aliphatic heterocycles. The van der Waals surface area contributed by atoms with Gasteiger partial charge < -0.3 is 21.9 Å². The highest BCUT2D eigenvalue weighted by Gasteiger charge is 2.30. The number of carboxylic acids is 1. The number of carboxylic acid groups (broad SMARTS) is 1. The number of aromatic carboxylic acids is 1. The van der Waals surface area contributed by atoms with Gasteiger partial charge in [-0.25, -0.2) is 4.79 Å². The van der Waals surface area contributed by atoms with Crippen LogP contribution in [0.4, 0.5) is 35.9 Å². The Kier molecular flexibility index (Phi) is 7.05. The number of hydrogen-bond acceptors (Lipinski definition) is 6. The Morgan fingerprint density at radius 1 is 0.914 bits per heavy atom. The molecule has 0 amide bonds.